The van der Waals surface area contributed by atoms with Crippen LogP contribution in [0.4, 0.5) is 0 Å². The number of fused-ring (bicyclic) bond motifs is 1. The van der Waals surface area contributed by atoms with Crippen LogP contribution in [0.15, 0.2) is 18.2 Å². The minimum absolute atomic E-state index is 0.115. The maximum absolute atomic E-state index is 5.85. The molecule has 2 atom stereocenters. The third-order valence-corrected chi connectivity index (χ3v) is 2.79. The van der Waals surface area contributed by atoms with Gasteiger partial charge < -0.3 is 10.5 Å². The zero-order valence-electron chi connectivity index (χ0n) is 8.79. The molecule has 14 heavy (non-hydrogen) atoms. The molecule has 1 aromatic carbocycles. The molecule has 0 saturated carbocycles. The molecule has 76 valence electrons. The summed E-state index contributed by atoms with van der Waals surface area (Å²) in [6.07, 6.45) is 2.31. The molecule has 1 aromatic rings. The topological polar surface area (TPSA) is 35.2 Å². The molecule has 2 heteroatoms. The second-order valence-electron chi connectivity index (χ2n) is 4.17. The first-order valence-electron chi connectivity index (χ1n) is 5.18. The van der Waals surface area contributed by atoms with Crippen molar-refractivity contribution >= 4 is 0 Å². The standard InChI is InChI=1S/C12H17NO/c1-8-3-4-10-5-6-11(9(2)13)14-12(10)7-8/h3-4,7,9,11H,5-6,13H2,1-2H3. The predicted molar refractivity (Wildman–Crippen MR) is 57.6 cm³/mol. The van der Waals surface area contributed by atoms with E-state index in [-0.39, 0.29) is 12.1 Å². The SMILES string of the molecule is Cc1ccc2c(c1)OC(C(C)N)CC2. The number of aryl methyl sites for hydroxylation is 2. The summed E-state index contributed by atoms with van der Waals surface area (Å²) in [5, 5.41) is 0. The molecule has 0 radical (unpaired) electrons. The van der Waals surface area contributed by atoms with Gasteiger partial charge in [0, 0.05) is 6.04 Å². The van der Waals surface area contributed by atoms with Crippen molar-refractivity contribution in [3.63, 3.8) is 0 Å². The Labute approximate surface area is 85.1 Å². The van der Waals surface area contributed by atoms with Gasteiger partial charge in [-0.2, -0.15) is 0 Å². The number of benzene rings is 1. The zero-order valence-corrected chi connectivity index (χ0v) is 8.79. The van der Waals surface area contributed by atoms with Gasteiger partial charge in [-0.1, -0.05) is 12.1 Å². The van der Waals surface area contributed by atoms with Gasteiger partial charge in [0.2, 0.25) is 0 Å². The Hall–Kier alpha value is -1.02. The van der Waals surface area contributed by atoms with Crippen LogP contribution in [0.5, 0.6) is 5.75 Å². The normalized spacial score (nSPS) is 22.4. The van der Waals surface area contributed by atoms with E-state index in [0.29, 0.717) is 0 Å². The van der Waals surface area contributed by atoms with Gasteiger partial charge in [0.05, 0.1) is 0 Å². The summed E-state index contributed by atoms with van der Waals surface area (Å²) in [6, 6.07) is 6.50. The molecule has 0 saturated heterocycles. The second kappa shape index (κ2) is 3.62. The van der Waals surface area contributed by atoms with E-state index < -0.39 is 0 Å². The molecule has 0 spiro atoms. The van der Waals surface area contributed by atoms with Gasteiger partial charge in [-0.3, -0.25) is 0 Å². The summed E-state index contributed by atoms with van der Waals surface area (Å²) < 4.78 is 5.85. The van der Waals surface area contributed by atoms with E-state index in [1.54, 1.807) is 0 Å². The van der Waals surface area contributed by atoms with Crippen molar-refractivity contribution in [1.82, 2.24) is 0 Å². The van der Waals surface area contributed by atoms with Crippen LogP contribution in [0.3, 0.4) is 0 Å². The predicted octanol–water partition coefficient (Wildman–Crippen LogP) is 2.04. The van der Waals surface area contributed by atoms with E-state index in [2.05, 4.69) is 25.1 Å². The Morgan fingerprint density at radius 1 is 1.50 bits per heavy atom. The third-order valence-electron chi connectivity index (χ3n) is 2.79. The summed E-state index contributed by atoms with van der Waals surface area (Å²) in [7, 11) is 0. The first kappa shape index (κ1) is 9.53. The van der Waals surface area contributed by atoms with Gasteiger partial charge in [0.1, 0.15) is 11.9 Å². The molecule has 0 aliphatic carbocycles. The van der Waals surface area contributed by atoms with Crippen molar-refractivity contribution in [3.8, 4) is 5.75 Å². The molecule has 1 heterocycles. The molecule has 2 N–H and O–H groups in total. The van der Waals surface area contributed by atoms with Crippen LogP contribution in [0, 0.1) is 6.92 Å². The number of hydrogen-bond acceptors (Lipinski definition) is 2. The van der Waals surface area contributed by atoms with Gasteiger partial charge in [-0.15, -0.1) is 0 Å². The molecule has 2 nitrogen and oxygen atoms in total. The van der Waals surface area contributed by atoms with Crippen LogP contribution in [0.25, 0.3) is 0 Å². The average molecular weight is 191 g/mol. The molecular weight excluding hydrogens is 174 g/mol. The summed E-state index contributed by atoms with van der Waals surface area (Å²) in [6.45, 7) is 4.09. The average Bonchev–Trinajstić information content (AvgIpc) is 2.16. The Morgan fingerprint density at radius 3 is 3.00 bits per heavy atom. The largest absolute Gasteiger partial charge is 0.489 e. The molecule has 0 bridgehead atoms. The summed E-state index contributed by atoms with van der Waals surface area (Å²) in [4.78, 5) is 0. The number of hydrogen-bond donors (Lipinski definition) is 1. The van der Waals surface area contributed by atoms with Crippen molar-refractivity contribution < 1.29 is 4.74 Å². The van der Waals surface area contributed by atoms with Gasteiger partial charge in [-0.25, -0.2) is 0 Å². The third kappa shape index (κ3) is 1.75. The minimum Gasteiger partial charge on any atom is -0.489 e. The van der Waals surface area contributed by atoms with E-state index >= 15 is 0 Å². The Balaban J connectivity index is 2.24. The minimum atomic E-state index is 0.115. The van der Waals surface area contributed by atoms with Crippen molar-refractivity contribution in [2.24, 2.45) is 5.73 Å². The lowest BCUT2D eigenvalue weighted by Crippen LogP contribution is -2.38. The summed E-state index contributed by atoms with van der Waals surface area (Å²) in [5.74, 6) is 1.03. The highest BCUT2D eigenvalue weighted by molar-refractivity contribution is 5.38. The summed E-state index contributed by atoms with van der Waals surface area (Å²) >= 11 is 0. The Morgan fingerprint density at radius 2 is 2.29 bits per heavy atom. The maximum atomic E-state index is 5.85. The Bertz CT molecular complexity index is 333. The highest BCUT2D eigenvalue weighted by Crippen LogP contribution is 2.29. The van der Waals surface area contributed by atoms with E-state index in [9.17, 15) is 0 Å². The number of ether oxygens (including phenoxy) is 1. The van der Waals surface area contributed by atoms with E-state index in [1.807, 2.05) is 6.92 Å². The molecule has 1 aliphatic heterocycles. The highest BCUT2D eigenvalue weighted by Gasteiger charge is 2.22. The van der Waals surface area contributed by atoms with Crippen LogP contribution in [-0.4, -0.2) is 12.1 Å². The first-order valence-corrected chi connectivity index (χ1v) is 5.18. The zero-order chi connectivity index (χ0) is 10.1. The van der Waals surface area contributed by atoms with Crippen LogP contribution < -0.4 is 10.5 Å². The lowest BCUT2D eigenvalue weighted by atomic mass is 9.98. The van der Waals surface area contributed by atoms with Crippen LogP contribution in [-0.2, 0) is 6.42 Å². The number of rotatable bonds is 1. The molecule has 0 amide bonds. The molecule has 1 aliphatic rings. The van der Waals surface area contributed by atoms with Crippen molar-refractivity contribution in [2.45, 2.75) is 38.8 Å². The van der Waals surface area contributed by atoms with E-state index in [1.165, 1.54) is 11.1 Å². The maximum Gasteiger partial charge on any atom is 0.123 e. The van der Waals surface area contributed by atoms with E-state index in [0.717, 1.165) is 18.6 Å². The molecular formula is C12H17NO. The first-order chi connectivity index (χ1) is 6.66. The van der Waals surface area contributed by atoms with Gasteiger partial charge in [0.25, 0.3) is 0 Å². The molecule has 0 aromatic heterocycles. The van der Waals surface area contributed by atoms with Crippen molar-refractivity contribution in [1.29, 1.82) is 0 Å². The quantitative estimate of drug-likeness (QED) is 0.737. The lowest BCUT2D eigenvalue weighted by Gasteiger charge is -2.28. The smallest absolute Gasteiger partial charge is 0.123 e. The molecule has 2 unspecified atom stereocenters. The van der Waals surface area contributed by atoms with Crippen LogP contribution in [0.2, 0.25) is 0 Å². The lowest BCUT2D eigenvalue weighted by molar-refractivity contribution is 0.151. The van der Waals surface area contributed by atoms with Gasteiger partial charge in [-0.05, 0) is 43.9 Å². The fraction of sp³-hybridized carbons (Fsp3) is 0.500. The Kier molecular flexibility index (Phi) is 2.46. The van der Waals surface area contributed by atoms with Crippen molar-refractivity contribution in [2.75, 3.05) is 0 Å². The molecule has 2 rings (SSSR count). The fourth-order valence-corrected chi connectivity index (χ4v) is 1.87. The van der Waals surface area contributed by atoms with Gasteiger partial charge >= 0.3 is 0 Å². The van der Waals surface area contributed by atoms with E-state index in [4.69, 9.17) is 10.5 Å². The fourth-order valence-electron chi connectivity index (χ4n) is 1.87. The summed E-state index contributed by atoms with van der Waals surface area (Å²) in [5.41, 5.74) is 8.39. The second-order valence-corrected chi connectivity index (χ2v) is 4.17. The van der Waals surface area contributed by atoms with Crippen LogP contribution >= 0.6 is 0 Å². The molecule has 0 fully saturated rings. The van der Waals surface area contributed by atoms with Crippen LogP contribution in [0.1, 0.15) is 24.5 Å². The highest BCUT2D eigenvalue weighted by atomic mass is 16.5. The van der Waals surface area contributed by atoms with Gasteiger partial charge in [0.15, 0.2) is 0 Å². The monoisotopic (exact) mass is 191 g/mol. The van der Waals surface area contributed by atoms with Crippen molar-refractivity contribution in [3.05, 3.63) is 29.3 Å². The number of nitrogens with two attached hydrogens (primary N) is 1.